The number of nitrogens with one attached hydrogen (secondary N) is 1. The summed E-state index contributed by atoms with van der Waals surface area (Å²) in [6.07, 6.45) is 1.52. The molecule has 2 rings (SSSR count). The fourth-order valence-electron chi connectivity index (χ4n) is 2.24. The van der Waals surface area contributed by atoms with E-state index in [1.807, 2.05) is 0 Å². The predicted molar refractivity (Wildman–Crippen MR) is 67.0 cm³/mol. The molecule has 1 fully saturated rings. The van der Waals surface area contributed by atoms with Crippen molar-refractivity contribution in [1.82, 2.24) is 5.32 Å². The van der Waals surface area contributed by atoms with Crippen molar-refractivity contribution in [2.75, 3.05) is 0 Å². The van der Waals surface area contributed by atoms with Gasteiger partial charge in [-0.15, -0.1) is 0 Å². The van der Waals surface area contributed by atoms with Crippen LogP contribution in [0.5, 0.6) is 0 Å². The third kappa shape index (κ3) is 2.79. The molecular formula is C14H15F2NO3. The SMILES string of the molecule is O=C(CCc1cccc(F)c1F)NC1(C(=O)O)CCC1. The van der Waals surface area contributed by atoms with Gasteiger partial charge in [0.2, 0.25) is 5.91 Å². The Hall–Kier alpha value is -1.98. The molecule has 108 valence electrons. The lowest BCUT2D eigenvalue weighted by atomic mass is 9.76. The normalized spacial score (nSPS) is 16.3. The first-order valence-electron chi connectivity index (χ1n) is 6.42. The smallest absolute Gasteiger partial charge is 0.329 e. The number of carbonyl (C=O) groups is 2. The number of rotatable bonds is 5. The molecule has 1 saturated carbocycles. The first kappa shape index (κ1) is 14.4. The quantitative estimate of drug-likeness (QED) is 0.868. The molecule has 0 aliphatic heterocycles. The van der Waals surface area contributed by atoms with E-state index < -0.39 is 29.0 Å². The van der Waals surface area contributed by atoms with Gasteiger partial charge in [-0.1, -0.05) is 12.1 Å². The van der Waals surface area contributed by atoms with Crippen LogP contribution >= 0.6 is 0 Å². The Labute approximate surface area is 114 Å². The van der Waals surface area contributed by atoms with Crippen molar-refractivity contribution in [3.05, 3.63) is 35.4 Å². The zero-order valence-corrected chi connectivity index (χ0v) is 10.8. The van der Waals surface area contributed by atoms with Crippen LogP contribution < -0.4 is 5.32 Å². The molecular weight excluding hydrogens is 268 g/mol. The average Bonchev–Trinajstić information content (AvgIpc) is 2.35. The van der Waals surface area contributed by atoms with E-state index in [0.717, 1.165) is 12.5 Å². The summed E-state index contributed by atoms with van der Waals surface area (Å²) in [5.41, 5.74) is -1.06. The van der Waals surface area contributed by atoms with Crippen LogP contribution in [0, 0.1) is 11.6 Å². The number of amides is 1. The van der Waals surface area contributed by atoms with E-state index in [0.29, 0.717) is 12.8 Å². The molecule has 1 aliphatic rings. The van der Waals surface area contributed by atoms with Gasteiger partial charge in [0.1, 0.15) is 5.54 Å². The van der Waals surface area contributed by atoms with Crippen LogP contribution in [0.4, 0.5) is 8.78 Å². The van der Waals surface area contributed by atoms with Crippen molar-refractivity contribution >= 4 is 11.9 Å². The lowest BCUT2D eigenvalue weighted by Gasteiger charge is -2.38. The highest BCUT2D eigenvalue weighted by Gasteiger charge is 2.45. The minimum Gasteiger partial charge on any atom is -0.480 e. The summed E-state index contributed by atoms with van der Waals surface area (Å²) in [7, 11) is 0. The van der Waals surface area contributed by atoms with E-state index >= 15 is 0 Å². The number of aliphatic carboxylic acids is 1. The van der Waals surface area contributed by atoms with Gasteiger partial charge in [0.05, 0.1) is 0 Å². The monoisotopic (exact) mass is 283 g/mol. The molecule has 2 N–H and O–H groups in total. The Morgan fingerprint density at radius 2 is 2.00 bits per heavy atom. The first-order chi connectivity index (χ1) is 9.44. The molecule has 0 unspecified atom stereocenters. The largest absolute Gasteiger partial charge is 0.480 e. The molecule has 1 aliphatic carbocycles. The van der Waals surface area contributed by atoms with Crippen molar-refractivity contribution in [3.8, 4) is 0 Å². The maximum atomic E-state index is 13.4. The molecule has 6 heteroatoms. The lowest BCUT2D eigenvalue weighted by molar-refractivity contribution is -0.151. The van der Waals surface area contributed by atoms with Crippen LogP contribution in [-0.2, 0) is 16.0 Å². The summed E-state index contributed by atoms with van der Waals surface area (Å²) in [6, 6.07) is 3.78. The van der Waals surface area contributed by atoms with Gasteiger partial charge in [-0.25, -0.2) is 13.6 Å². The Balaban J connectivity index is 1.92. The topological polar surface area (TPSA) is 66.4 Å². The van der Waals surface area contributed by atoms with Gasteiger partial charge in [-0.2, -0.15) is 0 Å². The lowest BCUT2D eigenvalue weighted by Crippen LogP contribution is -2.59. The number of carboxylic acid groups (broad SMARTS) is 1. The second kappa shape index (κ2) is 5.56. The minimum absolute atomic E-state index is 0.0329. The van der Waals surface area contributed by atoms with Crippen LogP contribution in [0.2, 0.25) is 0 Å². The molecule has 0 bridgehead atoms. The molecule has 0 aromatic heterocycles. The maximum absolute atomic E-state index is 13.4. The van der Waals surface area contributed by atoms with Crippen LogP contribution in [0.25, 0.3) is 0 Å². The van der Waals surface area contributed by atoms with Crippen LogP contribution in [0.1, 0.15) is 31.2 Å². The fourth-order valence-corrected chi connectivity index (χ4v) is 2.24. The van der Waals surface area contributed by atoms with Gasteiger partial charge in [0.25, 0.3) is 0 Å². The zero-order chi connectivity index (χ0) is 14.8. The maximum Gasteiger partial charge on any atom is 0.329 e. The van der Waals surface area contributed by atoms with Crippen molar-refractivity contribution < 1.29 is 23.5 Å². The van der Waals surface area contributed by atoms with E-state index in [2.05, 4.69) is 5.32 Å². The highest BCUT2D eigenvalue weighted by Crippen LogP contribution is 2.32. The molecule has 20 heavy (non-hydrogen) atoms. The second-order valence-corrected chi connectivity index (χ2v) is 5.00. The van der Waals surface area contributed by atoms with Crippen LogP contribution in [0.3, 0.4) is 0 Å². The standard InChI is InChI=1S/C14H15F2NO3/c15-10-4-1-3-9(12(10)16)5-6-11(18)17-14(13(19)20)7-2-8-14/h1,3-4H,2,5-8H2,(H,17,18)(H,19,20). The highest BCUT2D eigenvalue weighted by atomic mass is 19.2. The summed E-state index contributed by atoms with van der Waals surface area (Å²) in [5.74, 6) is -3.43. The van der Waals surface area contributed by atoms with E-state index in [1.165, 1.54) is 12.1 Å². The number of hydrogen-bond donors (Lipinski definition) is 2. The van der Waals surface area contributed by atoms with E-state index in [-0.39, 0.29) is 18.4 Å². The van der Waals surface area contributed by atoms with Crippen molar-refractivity contribution in [3.63, 3.8) is 0 Å². The molecule has 0 saturated heterocycles. The number of hydrogen-bond acceptors (Lipinski definition) is 2. The van der Waals surface area contributed by atoms with Crippen molar-refractivity contribution in [1.29, 1.82) is 0 Å². The molecule has 0 spiro atoms. The number of aryl methyl sites for hydroxylation is 1. The Morgan fingerprint density at radius 1 is 1.30 bits per heavy atom. The summed E-state index contributed by atoms with van der Waals surface area (Å²) < 4.78 is 26.4. The molecule has 1 amide bonds. The van der Waals surface area contributed by atoms with Gasteiger partial charge in [0.15, 0.2) is 11.6 Å². The van der Waals surface area contributed by atoms with Gasteiger partial charge < -0.3 is 10.4 Å². The Morgan fingerprint density at radius 3 is 2.55 bits per heavy atom. The number of carboxylic acids is 1. The first-order valence-corrected chi connectivity index (χ1v) is 6.42. The number of carbonyl (C=O) groups excluding carboxylic acids is 1. The zero-order valence-electron chi connectivity index (χ0n) is 10.8. The molecule has 4 nitrogen and oxygen atoms in total. The predicted octanol–water partition coefficient (Wildman–Crippen LogP) is 2.02. The summed E-state index contributed by atoms with van der Waals surface area (Å²) in [4.78, 5) is 22.8. The van der Waals surface area contributed by atoms with Gasteiger partial charge in [0, 0.05) is 6.42 Å². The summed E-state index contributed by atoms with van der Waals surface area (Å²) in [5, 5.41) is 11.6. The minimum atomic E-state index is -1.17. The van der Waals surface area contributed by atoms with Crippen molar-refractivity contribution in [2.24, 2.45) is 0 Å². The van der Waals surface area contributed by atoms with Crippen molar-refractivity contribution in [2.45, 2.75) is 37.6 Å². The number of benzene rings is 1. The van der Waals surface area contributed by atoms with Crippen LogP contribution in [0.15, 0.2) is 18.2 Å². The molecule has 1 aromatic carbocycles. The molecule has 0 atom stereocenters. The highest BCUT2D eigenvalue weighted by molar-refractivity contribution is 5.87. The van der Waals surface area contributed by atoms with E-state index in [4.69, 9.17) is 5.11 Å². The summed E-state index contributed by atoms with van der Waals surface area (Å²) in [6.45, 7) is 0. The molecule has 0 radical (unpaired) electrons. The average molecular weight is 283 g/mol. The number of halogens is 2. The molecule has 0 heterocycles. The molecule has 1 aromatic rings. The van der Waals surface area contributed by atoms with E-state index in [1.54, 1.807) is 0 Å². The van der Waals surface area contributed by atoms with Gasteiger partial charge >= 0.3 is 5.97 Å². The van der Waals surface area contributed by atoms with Crippen LogP contribution in [-0.4, -0.2) is 22.5 Å². The Bertz CT molecular complexity index is 541. The van der Waals surface area contributed by atoms with Gasteiger partial charge in [-0.05, 0) is 37.3 Å². The second-order valence-electron chi connectivity index (χ2n) is 5.00. The fraction of sp³-hybridized carbons (Fsp3) is 0.429. The Kier molecular flexibility index (Phi) is 4.01. The van der Waals surface area contributed by atoms with E-state index in [9.17, 15) is 18.4 Å². The summed E-state index contributed by atoms with van der Waals surface area (Å²) >= 11 is 0. The third-order valence-electron chi connectivity index (χ3n) is 3.65. The van der Waals surface area contributed by atoms with Gasteiger partial charge in [-0.3, -0.25) is 4.79 Å². The third-order valence-corrected chi connectivity index (χ3v) is 3.65.